The Labute approximate surface area is 127 Å². The highest BCUT2D eigenvalue weighted by molar-refractivity contribution is 6.31. The quantitative estimate of drug-likeness (QED) is 0.843. The molecule has 1 fully saturated rings. The number of anilines is 1. The summed E-state index contributed by atoms with van der Waals surface area (Å²) in [4.78, 5) is 24.0. The summed E-state index contributed by atoms with van der Waals surface area (Å²) in [5.74, 6) is -2.26. The van der Waals surface area contributed by atoms with Crippen molar-refractivity contribution in [1.82, 2.24) is 0 Å². The van der Waals surface area contributed by atoms with E-state index in [2.05, 4.69) is 5.32 Å². The molecule has 2 N–H and O–H groups in total. The number of hydrogen-bond acceptors (Lipinski definition) is 2. The van der Waals surface area contributed by atoms with Crippen LogP contribution in [-0.4, -0.2) is 17.0 Å². The van der Waals surface area contributed by atoms with Crippen LogP contribution in [0.25, 0.3) is 0 Å². The summed E-state index contributed by atoms with van der Waals surface area (Å²) in [6, 6.07) is 5.30. The first-order valence-electron chi connectivity index (χ1n) is 6.96. The zero-order valence-corrected chi connectivity index (χ0v) is 12.3. The van der Waals surface area contributed by atoms with E-state index in [1.807, 2.05) is 19.1 Å². The summed E-state index contributed by atoms with van der Waals surface area (Å²) in [5, 5.41) is 12.8. The lowest BCUT2D eigenvalue weighted by Crippen LogP contribution is -2.36. The van der Waals surface area contributed by atoms with Crippen molar-refractivity contribution in [3.8, 4) is 0 Å². The van der Waals surface area contributed by atoms with Crippen molar-refractivity contribution in [3.63, 3.8) is 0 Å². The highest BCUT2D eigenvalue weighted by atomic mass is 35.5. The zero-order chi connectivity index (χ0) is 15.1. The van der Waals surface area contributed by atoms with Crippen LogP contribution in [0.2, 0.25) is 5.02 Å². The van der Waals surface area contributed by atoms with Crippen LogP contribution < -0.4 is 5.32 Å². The topological polar surface area (TPSA) is 66.4 Å². The molecule has 0 spiro atoms. The summed E-state index contributed by atoms with van der Waals surface area (Å²) in [6.07, 6.45) is 4.65. The van der Waals surface area contributed by atoms with Crippen molar-refractivity contribution in [2.24, 2.45) is 23.7 Å². The lowest BCUT2D eigenvalue weighted by Gasteiger charge is -2.24. The lowest BCUT2D eigenvalue weighted by molar-refractivity contribution is -0.146. The molecule has 2 aliphatic carbocycles. The van der Waals surface area contributed by atoms with Crippen molar-refractivity contribution < 1.29 is 14.7 Å². The standard InChI is InChI=1S/C16H16ClNO3/c1-8-11(17)3-2-4-12(8)18-15(19)13-9-5-6-10(7-9)14(13)16(20)21/h2-6,9-10,13-14H,7H2,1H3,(H,18,19)(H,20,21)/t9?,10?,13-,14+/m0/s1. The third-order valence-corrected chi connectivity index (χ3v) is 4.98. The van der Waals surface area contributed by atoms with Crippen LogP contribution in [-0.2, 0) is 9.59 Å². The SMILES string of the molecule is Cc1c(Cl)cccc1NC(=O)[C@H]1C2C=CC(C2)[C@H]1C(=O)O. The molecule has 5 heteroatoms. The van der Waals surface area contributed by atoms with Crippen LogP contribution in [0.3, 0.4) is 0 Å². The van der Waals surface area contributed by atoms with Gasteiger partial charge in [0.25, 0.3) is 0 Å². The summed E-state index contributed by atoms with van der Waals surface area (Å²) in [7, 11) is 0. The average Bonchev–Trinajstić information content (AvgIpc) is 3.04. The second-order valence-corrected chi connectivity index (χ2v) is 6.15. The molecule has 0 saturated heterocycles. The number of carboxylic acid groups (broad SMARTS) is 1. The number of allylic oxidation sites excluding steroid dienone is 2. The van der Waals surface area contributed by atoms with Gasteiger partial charge in [-0.25, -0.2) is 0 Å². The maximum atomic E-state index is 12.5. The minimum atomic E-state index is -0.894. The van der Waals surface area contributed by atoms with E-state index in [0.717, 1.165) is 12.0 Å². The smallest absolute Gasteiger partial charge is 0.307 e. The maximum Gasteiger partial charge on any atom is 0.307 e. The number of fused-ring (bicyclic) bond motifs is 2. The van der Waals surface area contributed by atoms with E-state index in [9.17, 15) is 14.7 Å². The minimum absolute atomic E-state index is 0.0237. The Kier molecular flexibility index (Phi) is 3.49. The van der Waals surface area contributed by atoms with E-state index >= 15 is 0 Å². The third kappa shape index (κ3) is 2.33. The van der Waals surface area contributed by atoms with E-state index < -0.39 is 17.8 Å². The fourth-order valence-electron chi connectivity index (χ4n) is 3.48. The first-order valence-corrected chi connectivity index (χ1v) is 7.34. The summed E-state index contributed by atoms with van der Waals surface area (Å²) in [6.45, 7) is 1.83. The van der Waals surface area contributed by atoms with Gasteiger partial charge < -0.3 is 10.4 Å². The van der Waals surface area contributed by atoms with E-state index in [0.29, 0.717) is 10.7 Å². The summed E-state index contributed by atoms with van der Waals surface area (Å²) >= 11 is 6.04. The van der Waals surface area contributed by atoms with Crippen LogP contribution in [0.15, 0.2) is 30.4 Å². The van der Waals surface area contributed by atoms with Crippen molar-refractivity contribution >= 4 is 29.2 Å². The first kappa shape index (κ1) is 14.1. The second kappa shape index (κ2) is 5.19. The number of carbonyl (C=O) groups is 2. The molecular weight excluding hydrogens is 290 g/mol. The molecule has 0 radical (unpaired) electrons. The molecule has 0 aliphatic heterocycles. The molecule has 4 atom stereocenters. The molecular formula is C16H16ClNO3. The fraction of sp³-hybridized carbons (Fsp3) is 0.375. The van der Waals surface area contributed by atoms with Gasteiger partial charge in [0.1, 0.15) is 0 Å². The van der Waals surface area contributed by atoms with Crippen molar-refractivity contribution in [3.05, 3.63) is 40.9 Å². The van der Waals surface area contributed by atoms with Gasteiger partial charge in [0.2, 0.25) is 5.91 Å². The summed E-state index contributed by atoms with van der Waals surface area (Å²) in [5.41, 5.74) is 1.43. The number of rotatable bonds is 3. The van der Waals surface area contributed by atoms with Gasteiger partial charge in [0.15, 0.2) is 0 Å². The molecule has 1 saturated carbocycles. The molecule has 0 heterocycles. The van der Waals surface area contributed by atoms with Gasteiger partial charge in [-0.05, 0) is 42.9 Å². The Balaban J connectivity index is 1.84. The fourth-order valence-corrected chi connectivity index (χ4v) is 3.65. The Hall–Kier alpha value is -1.81. The normalized spacial score (nSPS) is 29.6. The largest absolute Gasteiger partial charge is 0.481 e. The Morgan fingerprint density at radius 1 is 1.24 bits per heavy atom. The van der Waals surface area contributed by atoms with Crippen molar-refractivity contribution in [2.45, 2.75) is 13.3 Å². The van der Waals surface area contributed by atoms with Crippen LogP contribution >= 0.6 is 11.6 Å². The predicted molar refractivity (Wildman–Crippen MR) is 80.2 cm³/mol. The van der Waals surface area contributed by atoms with Crippen LogP contribution in [0.1, 0.15) is 12.0 Å². The predicted octanol–water partition coefficient (Wildman–Crippen LogP) is 3.11. The number of halogens is 1. The van der Waals surface area contributed by atoms with Gasteiger partial charge in [-0.15, -0.1) is 0 Å². The number of hydrogen-bond donors (Lipinski definition) is 2. The van der Waals surface area contributed by atoms with Gasteiger partial charge in [-0.3, -0.25) is 9.59 Å². The Morgan fingerprint density at radius 2 is 1.90 bits per heavy atom. The van der Waals surface area contributed by atoms with Gasteiger partial charge in [-0.2, -0.15) is 0 Å². The van der Waals surface area contributed by atoms with Gasteiger partial charge in [0, 0.05) is 10.7 Å². The molecule has 2 bridgehead atoms. The summed E-state index contributed by atoms with van der Waals surface area (Å²) < 4.78 is 0. The average molecular weight is 306 g/mol. The molecule has 0 aromatic heterocycles. The van der Waals surface area contributed by atoms with Crippen LogP contribution in [0.4, 0.5) is 5.69 Å². The van der Waals surface area contributed by atoms with Gasteiger partial charge in [0.05, 0.1) is 11.8 Å². The monoisotopic (exact) mass is 305 g/mol. The Morgan fingerprint density at radius 3 is 2.57 bits per heavy atom. The molecule has 2 unspecified atom stereocenters. The van der Waals surface area contributed by atoms with Crippen molar-refractivity contribution in [1.29, 1.82) is 0 Å². The number of benzene rings is 1. The van der Waals surface area contributed by atoms with E-state index in [1.165, 1.54) is 0 Å². The molecule has 1 aromatic carbocycles. The number of aliphatic carboxylic acids is 1. The Bertz CT molecular complexity index is 640. The minimum Gasteiger partial charge on any atom is -0.481 e. The first-order chi connectivity index (χ1) is 9.99. The van der Waals surface area contributed by atoms with E-state index in [4.69, 9.17) is 11.6 Å². The van der Waals surface area contributed by atoms with Gasteiger partial charge in [-0.1, -0.05) is 29.8 Å². The molecule has 110 valence electrons. The third-order valence-electron chi connectivity index (χ3n) is 4.57. The highest BCUT2D eigenvalue weighted by Crippen LogP contribution is 2.48. The molecule has 2 aliphatic rings. The number of nitrogens with one attached hydrogen (secondary N) is 1. The second-order valence-electron chi connectivity index (χ2n) is 5.74. The number of amides is 1. The number of carboxylic acids is 1. The molecule has 1 aromatic rings. The number of carbonyl (C=O) groups excluding carboxylic acids is 1. The van der Waals surface area contributed by atoms with Crippen LogP contribution in [0.5, 0.6) is 0 Å². The highest BCUT2D eigenvalue weighted by Gasteiger charge is 2.51. The van der Waals surface area contributed by atoms with Crippen LogP contribution in [0, 0.1) is 30.6 Å². The lowest BCUT2D eigenvalue weighted by atomic mass is 9.82. The van der Waals surface area contributed by atoms with E-state index in [1.54, 1.807) is 18.2 Å². The van der Waals surface area contributed by atoms with E-state index in [-0.39, 0.29) is 17.7 Å². The molecule has 1 amide bonds. The molecule has 21 heavy (non-hydrogen) atoms. The van der Waals surface area contributed by atoms with Crippen molar-refractivity contribution in [2.75, 3.05) is 5.32 Å². The zero-order valence-electron chi connectivity index (χ0n) is 11.5. The van der Waals surface area contributed by atoms with Gasteiger partial charge >= 0.3 is 5.97 Å². The maximum absolute atomic E-state index is 12.5. The molecule has 4 nitrogen and oxygen atoms in total. The molecule has 3 rings (SSSR count).